The molecule has 1 aromatic carbocycles. The van der Waals surface area contributed by atoms with Gasteiger partial charge in [-0.25, -0.2) is 0 Å². The molecule has 0 radical (unpaired) electrons. The van der Waals surface area contributed by atoms with Crippen LogP contribution in [-0.2, 0) is 0 Å². The van der Waals surface area contributed by atoms with Crippen molar-refractivity contribution in [3.05, 3.63) is 23.3 Å². The van der Waals surface area contributed by atoms with Crippen molar-refractivity contribution < 1.29 is 5.11 Å². The second kappa shape index (κ2) is 6.27. The maximum atomic E-state index is 9.80. The average Bonchev–Trinajstić information content (AvgIpc) is 2.94. The van der Waals surface area contributed by atoms with Crippen molar-refractivity contribution in [1.29, 1.82) is 0 Å². The van der Waals surface area contributed by atoms with Crippen LogP contribution in [0, 0.1) is 19.8 Å². The third-order valence-electron chi connectivity index (χ3n) is 5.32. The van der Waals surface area contributed by atoms with Crippen molar-refractivity contribution in [2.24, 2.45) is 5.92 Å². The number of hydrogen-bond donors (Lipinski definition) is 3. The number of aryl methyl sites for hydroxylation is 2. The molecule has 0 spiro atoms. The molecule has 1 heterocycles. The van der Waals surface area contributed by atoms with Crippen LogP contribution in [-0.4, -0.2) is 23.7 Å². The summed E-state index contributed by atoms with van der Waals surface area (Å²) in [5.74, 6) is 1.15. The molecule has 0 bridgehead atoms. The molecule has 2 fully saturated rings. The predicted octanol–water partition coefficient (Wildman–Crippen LogP) is 3.73. The van der Waals surface area contributed by atoms with E-state index in [1.165, 1.54) is 50.8 Å². The van der Waals surface area contributed by atoms with Crippen molar-refractivity contribution in [3.8, 4) is 5.75 Å². The predicted molar refractivity (Wildman–Crippen MR) is 88.0 cm³/mol. The smallest absolute Gasteiger partial charge is 0.118 e. The Morgan fingerprint density at radius 2 is 1.90 bits per heavy atom. The van der Waals surface area contributed by atoms with E-state index >= 15 is 0 Å². The van der Waals surface area contributed by atoms with Gasteiger partial charge in [0.2, 0.25) is 0 Å². The van der Waals surface area contributed by atoms with Crippen LogP contribution in [0.3, 0.4) is 0 Å². The van der Waals surface area contributed by atoms with Crippen LogP contribution in [0.5, 0.6) is 5.75 Å². The molecule has 21 heavy (non-hydrogen) atoms. The van der Waals surface area contributed by atoms with Crippen LogP contribution in [0.15, 0.2) is 12.1 Å². The third kappa shape index (κ3) is 3.18. The molecule has 1 aromatic rings. The molecule has 1 aliphatic carbocycles. The Labute approximate surface area is 128 Å². The van der Waals surface area contributed by atoms with E-state index < -0.39 is 0 Å². The molecule has 2 aliphatic rings. The molecule has 3 atom stereocenters. The molecule has 1 aliphatic heterocycles. The Morgan fingerprint density at radius 1 is 1.05 bits per heavy atom. The SMILES string of the molecule is Cc1cc(NC2CCCC2C2CCCCN2)c(C)cc1O. The fraction of sp³-hybridized carbons (Fsp3) is 0.667. The summed E-state index contributed by atoms with van der Waals surface area (Å²) >= 11 is 0. The lowest BCUT2D eigenvalue weighted by atomic mass is 9.88. The van der Waals surface area contributed by atoms with E-state index in [0.29, 0.717) is 17.8 Å². The number of anilines is 1. The average molecular weight is 288 g/mol. The molecular formula is C18H28N2O. The summed E-state index contributed by atoms with van der Waals surface area (Å²) in [5.41, 5.74) is 3.28. The Morgan fingerprint density at radius 3 is 2.67 bits per heavy atom. The maximum Gasteiger partial charge on any atom is 0.118 e. The summed E-state index contributed by atoms with van der Waals surface area (Å²) < 4.78 is 0. The van der Waals surface area contributed by atoms with E-state index in [1.54, 1.807) is 0 Å². The molecule has 3 unspecified atom stereocenters. The summed E-state index contributed by atoms with van der Waals surface area (Å²) in [6.45, 7) is 5.23. The lowest BCUT2D eigenvalue weighted by molar-refractivity contribution is 0.286. The second-order valence-corrected chi connectivity index (χ2v) is 6.86. The highest BCUT2D eigenvalue weighted by Gasteiger charge is 2.34. The van der Waals surface area contributed by atoms with Crippen LogP contribution in [0.2, 0.25) is 0 Å². The molecule has 3 N–H and O–H groups in total. The minimum atomic E-state index is 0.398. The quantitative estimate of drug-likeness (QED) is 0.743. The number of phenols is 1. The molecule has 116 valence electrons. The fourth-order valence-electron chi connectivity index (χ4n) is 4.05. The minimum absolute atomic E-state index is 0.398. The van der Waals surface area contributed by atoms with E-state index in [1.807, 2.05) is 13.0 Å². The molecule has 1 saturated carbocycles. The lowest BCUT2D eigenvalue weighted by Crippen LogP contribution is -2.44. The van der Waals surface area contributed by atoms with Crippen LogP contribution >= 0.6 is 0 Å². The van der Waals surface area contributed by atoms with E-state index in [2.05, 4.69) is 23.6 Å². The molecular weight excluding hydrogens is 260 g/mol. The second-order valence-electron chi connectivity index (χ2n) is 6.86. The van der Waals surface area contributed by atoms with Crippen LogP contribution in [0.4, 0.5) is 5.69 Å². The highest BCUT2D eigenvalue weighted by Crippen LogP contribution is 2.35. The number of phenolic OH excluding ortho intramolecular Hbond substituents is 1. The molecule has 3 nitrogen and oxygen atoms in total. The first-order valence-corrected chi connectivity index (χ1v) is 8.45. The van der Waals surface area contributed by atoms with Gasteiger partial charge in [0, 0.05) is 17.8 Å². The first kappa shape index (κ1) is 14.7. The summed E-state index contributed by atoms with van der Waals surface area (Å²) in [6.07, 6.45) is 7.97. The number of nitrogens with one attached hydrogen (secondary N) is 2. The topological polar surface area (TPSA) is 44.3 Å². The van der Waals surface area contributed by atoms with Gasteiger partial charge >= 0.3 is 0 Å². The van der Waals surface area contributed by atoms with E-state index in [9.17, 15) is 5.11 Å². The standard InChI is InChI=1S/C18H28N2O/c1-12-11-18(21)13(2)10-17(12)20-16-8-5-6-14(16)15-7-3-4-9-19-15/h10-11,14-16,19-21H,3-9H2,1-2H3. The van der Waals surface area contributed by atoms with Gasteiger partial charge in [-0.05, 0) is 75.3 Å². The van der Waals surface area contributed by atoms with Gasteiger partial charge in [-0.3, -0.25) is 0 Å². The molecule has 3 rings (SSSR count). The van der Waals surface area contributed by atoms with Gasteiger partial charge in [0.1, 0.15) is 5.75 Å². The van der Waals surface area contributed by atoms with Gasteiger partial charge in [0.25, 0.3) is 0 Å². The molecule has 3 heteroatoms. The fourth-order valence-corrected chi connectivity index (χ4v) is 4.05. The number of rotatable bonds is 3. The van der Waals surface area contributed by atoms with Crippen molar-refractivity contribution in [2.45, 2.75) is 64.5 Å². The van der Waals surface area contributed by atoms with E-state index in [4.69, 9.17) is 0 Å². The molecule has 0 aromatic heterocycles. The van der Waals surface area contributed by atoms with Gasteiger partial charge in [-0.2, -0.15) is 0 Å². The van der Waals surface area contributed by atoms with Gasteiger partial charge in [0.05, 0.1) is 0 Å². The summed E-state index contributed by atoms with van der Waals surface area (Å²) in [4.78, 5) is 0. The zero-order valence-corrected chi connectivity index (χ0v) is 13.3. The van der Waals surface area contributed by atoms with Crippen LogP contribution in [0.25, 0.3) is 0 Å². The zero-order chi connectivity index (χ0) is 14.8. The summed E-state index contributed by atoms with van der Waals surface area (Å²) in [6, 6.07) is 5.23. The minimum Gasteiger partial charge on any atom is -0.508 e. The maximum absolute atomic E-state index is 9.80. The van der Waals surface area contributed by atoms with E-state index in [-0.39, 0.29) is 0 Å². The highest BCUT2D eigenvalue weighted by molar-refractivity contribution is 5.57. The highest BCUT2D eigenvalue weighted by atomic mass is 16.3. The van der Waals surface area contributed by atoms with Crippen LogP contribution in [0.1, 0.15) is 49.7 Å². The Bertz CT molecular complexity index is 494. The Hall–Kier alpha value is -1.22. The summed E-state index contributed by atoms with van der Waals surface area (Å²) in [7, 11) is 0. The Kier molecular flexibility index (Phi) is 4.39. The number of piperidine rings is 1. The van der Waals surface area contributed by atoms with Gasteiger partial charge < -0.3 is 15.7 Å². The van der Waals surface area contributed by atoms with Crippen molar-refractivity contribution >= 4 is 5.69 Å². The molecule has 1 saturated heterocycles. The molecule has 0 amide bonds. The third-order valence-corrected chi connectivity index (χ3v) is 5.32. The number of aromatic hydroxyl groups is 1. The van der Waals surface area contributed by atoms with Crippen molar-refractivity contribution in [2.75, 3.05) is 11.9 Å². The largest absolute Gasteiger partial charge is 0.508 e. The first-order valence-electron chi connectivity index (χ1n) is 8.45. The van der Waals surface area contributed by atoms with Crippen molar-refractivity contribution in [3.63, 3.8) is 0 Å². The van der Waals surface area contributed by atoms with Crippen LogP contribution < -0.4 is 10.6 Å². The zero-order valence-electron chi connectivity index (χ0n) is 13.3. The normalized spacial score (nSPS) is 29.5. The monoisotopic (exact) mass is 288 g/mol. The lowest BCUT2D eigenvalue weighted by Gasteiger charge is -2.33. The Balaban J connectivity index is 1.72. The summed E-state index contributed by atoms with van der Waals surface area (Å²) in [5, 5.41) is 17.3. The number of benzene rings is 1. The van der Waals surface area contributed by atoms with Gasteiger partial charge in [-0.1, -0.05) is 12.8 Å². The van der Waals surface area contributed by atoms with Crippen molar-refractivity contribution in [1.82, 2.24) is 5.32 Å². The number of hydrogen-bond acceptors (Lipinski definition) is 3. The van der Waals surface area contributed by atoms with E-state index in [0.717, 1.165) is 17.0 Å². The van der Waals surface area contributed by atoms with Gasteiger partial charge in [0.15, 0.2) is 0 Å². The van der Waals surface area contributed by atoms with Gasteiger partial charge in [-0.15, -0.1) is 0 Å². The first-order chi connectivity index (χ1) is 10.1.